The number of ether oxygens (including phenoxy) is 2. The van der Waals surface area contributed by atoms with Gasteiger partial charge in [-0.05, 0) is 55.5 Å². The highest BCUT2D eigenvalue weighted by Gasteiger charge is 2.17. The number of hydrogen-bond donors (Lipinski definition) is 0. The molecule has 0 fully saturated rings. The van der Waals surface area contributed by atoms with Gasteiger partial charge in [-0.25, -0.2) is 0 Å². The third-order valence-corrected chi connectivity index (χ3v) is 3.84. The zero-order valence-electron chi connectivity index (χ0n) is 11.5. The second kappa shape index (κ2) is 5.81. The lowest BCUT2D eigenvalue weighted by Gasteiger charge is -2.13. The Hall–Kier alpha value is -1.24. The Balaban J connectivity index is 2.51. The molecule has 0 saturated heterocycles. The van der Waals surface area contributed by atoms with Gasteiger partial charge in [0.25, 0.3) is 0 Å². The summed E-state index contributed by atoms with van der Waals surface area (Å²) in [6.45, 7) is 5.99. The molecule has 0 amide bonds. The van der Waals surface area contributed by atoms with Crippen molar-refractivity contribution in [2.75, 3.05) is 7.11 Å². The molecule has 0 saturated carbocycles. The van der Waals surface area contributed by atoms with Crippen molar-refractivity contribution >= 4 is 22.6 Å². The lowest BCUT2D eigenvalue weighted by Crippen LogP contribution is -2.10. The van der Waals surface area contributed by atoms with Gasteiger partial charge in [-0.3, -0.25) is 0 Å². The van der Waals surface area contributed by atoms with Crippen LogP contribution >= 0.6 is 22.6 Å². The van der Waals surface area contributed by atoms with E-state index in [1.54, 1.807) is 7.11 Å². The van der Waals surface area contributed by atoms with E-state index < -0.39 is 0 Å². The summed E-state index contributed by atoms with van der Waals surface area (Å²) >= 11 is 2.26. The number of halogens is 1. The smallest absolute Gasteiger partial charge is 0.231 e. The summed E-state index contributed by atoms with van der Waals surface area (Å²) in [4.78, 5) is 0. The molecule has 0 aliphatic carbocycles. The Morgan fingerprint density at radius 2 is 2.05 bits per heavy atom. The van der Waals surface area contributed by atoms with Crippen LogP contribution in [0.4, 0.5) is 0 Å². The summed E-state index contributed by atoms with van der Waals surface area (Å²) in [5.41, 5.74) is 1.89. The fourth-order valence-corrected chi connectivity index (χ4v) is 2.19. The van der Waals surface area contributed by atoms with E-state index in [0.29, 0.717) is 0 Å². The molecular formula is C14H17IN2O2. The van der Waals surface area contributed by atoms with Crippen molar-refractivity contribution in [1.29, 1.82) is 0 Å². The normalized spacial score (nSPS) is 10.8. The zero-order valence-corrected chi connectivity index (χ0v) is 13.6. The molecule has 2 aromatic rings. The molecule has 0 aliphatic rings. The first kappa shape index (κ1) is 14.2. The largest absolute Gasteiger partial charge is 0.497 e. The van der Waals surface area contributed by atoms with E-state index in [1.807, 2.05) is 49.7 Å². The Kier molecular flexibility index (Phi) is 4.34. The van der Waals surface area contributed by atoms with Gasteiger partial charge in [0.1, 0.15) is 5.75 Å². The number of nitrogens with zero attached hydrogens (tertiary/aromatic N) is 2. The summed E-state index contributed by atoms with van der Waals surface area (Å²) < 4.78 is 14.0. The number of rotatable bonds is 4. The summed E-state index contributed by atoms with van der Waals surface area (Å²) in [5.74, 6) is 1.58. The molecular weight excluding hydrogens is 355 g/mol. The molecule has 0 atom stereocenters. The van der Waals surface area contributed by atoms with Gasteiger partial charge in [-0.15, -0.1) is 0 Å². The highest BCUT2D eigenvalue weighted by atomic mass is 127. The SMILES string of the molecule is COc1cccc(-n2nc(C)c(I)c2OC(C)C)c1. The molecule has 0 spiro atoms. The molecule has 0 bridgehead atoms. The predicted molar refractivity (Wildman–Crippen MR) is 83.3 cm³/mol. The van der Waals surface area contributed by atoms with Gasteiger partial charge < -0.3 is 9.47 Å². The first-order valence-electron chi connectivity index (χ1n) is 6.09. The first-order valence-corrected chi connectivity index (χ1v) is 7.17. The topological polar surface area (TPSA) is 36.3 Å². The molecule has 5 heteroatoms. The number of aryl methyl sites for hydroxylation is 1. The van der Waals surface area contributed by atoms with Gasteiger partial charge in [-0.2, -0.15) is 9.78 Å². The standard InChI is InChI=1S/C14H17IN2O2/c1-9(2)19-14-13(15)10(3)16-17(14)11-6-5-7-12(8-11)18-4/h5-9H,1-4H3. The van der Waals surface area contributed by atoms with E-state index >= 15 is 0 Å². The Bertz CT molecular complexity index is 579. The maximum Gasteiger partial charge on any atom is 0.231 e. The van der Waals surface area contributed by atoms with Crippen molar-refractivity contribution in [1.82, 2.24) is 9.78 Å². The predicted octanol–water partition coefficient (Wildman–Crippen LogP) is 3.58. The summed E-state index contributed by atoms with van der Waals surface area (Å²) in [7, 11) is 1.66. The summed E-state index contributed by atoms with van der Waals surface area (Å²) in [6.07, 6.45) is 0.106. The highest BCUT2D eigenvalue weighted by Crippen LogP contribution is 2.29. The lowest BCUT2D eigenvalue weighted by atomic mass is 10.3. The average Bonchev–Trinajstić information content (AvgIpc) is 2.66. The minimum Gasteiger partial charge on any atom is -0.497 e. The van der Waals surface area contributed by atoms with Crippen LogP contribution in [0.2, 0.25) is 0 Å². The van der Waals surface area contributed by atoms with E-state index in [4.69, 9.17) is 9.47 Å². The number of aromatic nitrogens is 2. The van der Waals surface area contributed by atoms with Crippen molar-refractivity contribution in [2.24, 2.45) is 0 Å². The van der Waals surface area contributed by atoms with Crippen molar-refractivity contribution in [3.05, 3.63) is 33.5 Å². The van der Waals surface area contributed by atoms with Crippen molar-refractivity contribution in [2.45, 2.75) is 26.9 Å². The maximum atomic E-state index is 5.88. The number of methoxy groups -OCH3 is 1. The molecule has 1 aromatic carbocycles. The van der Waals surface area contributed by atoms with Gasteiger partial charge in [0.15, 0.2) is 0 Å². The number of benzene rings is 1. The van der Waals surface area contributed by atoms with Crippen LogP contribution in [0.1, 0.15) is 19.5 Å². The van der Waals surface area contributed by atoms with E-state index in [1.165, 1.54) is 0 Å². The second-order valence-corrected chi connectivity index (χ2v) is 5.56. The fourth-order valence-electron chi connectivity index (χ4n) is 1.73. The van der Waals surface area contributed by atoms with E-state index in [-0.39, 0.29) is 6.10 Å². The summed E-state index contributed by atoms with van der Waals surface area (Å²) in [5, 5.41) is 4.54. The van der Waals surface area contributed by atoms with Gasteiger partial charge in [0.2, 0.25) is 5.88 Å². The molecule has 2 rings (SSSR count). The van der Waals surface area contributed by atoms with E-state index in [0.717, 1.165) is 26.6 Å². The molecule has 0 radical (unpaired) electrons. The van der Waals surface area contributed by atoms with Crippen molar-refractivity contribution in [3.8, 4) is 17.3 Å². The molecule has 1 aromatic heterocycles. The Morgan fingerprint density at radius 3 is 2.68 bits per heavy atom. The third kappa shape index (κ3) is 3.02. The van der Waals surface area contributed by atoms with Gasteiger partial charge in [0, 0.05) is 6.07 Å². The molecule has 0 unspecified atom stereocenters. The minimum absolute atomic E-state index is 0.106. The Morgan fingerprint density at radius 1 is 1.32 bits per heavy atom. The average molecular weight is 372 g/mol. The van der Waals surface area contributed by atoms with Crippen LogP contribution in [-0.4, -0.2) is 23.0 Å². The zero-order chi connectivity index (χ0) is 14.0. The van der Waals surface area contributed by atoms with Crippen LogP contribution in [0, 0.1) is 10.5 Å². The van der Waals surface area contributed by atoms with Crippen LogP contribution in [0.25, 0.3) is 5.69 Å². The monoisotopic (exact) mass is 372 g/mol. The van der Waals surface area contributed by atoms with Gasteiger partial charge in [-0.1, -0.05) is 6.07 Å². The molecule has 102 valence electrons. The molecule has 4 nitrogen and oxygen atoms in total. The molecule has 0 N–H and O–H groups in total. The molecule has 0 aliphatic heterocycles. The highest BCUT2D eigenvalue weighted by molar-refractivity contribution is 14.1. The molecule has 19 heavy (non-hydrogen) atoms. The fraction of sp³-hybridized carbons (Fsp3) is 0.357. The van der Waals surface area contributed by atoms with Crippen LogP contribution in [0.5, 0.6) is 11.6 Å². The van der Waals surface area contributed by atoms with E-state index in [9.17, 15) is 0 Å². The second-order valence-electron chi connectivity index (χ2n) is 4.48. The maximum absolute atomic E-state index is 5.88. The van der Waals surface area contributed by atoms with Crippen LogP contribution in [0.3, 0.4) is 0 Å². The Labute approximate surface area is 126 Å². The van der Waals surface area contributed by atoms with E-state index in [2.05, 4.69) is 27.7 Å². The minimum atomic E-state index is 0.106. The van der Waals surface area contributed by atoms with Crippen molar-refractivity contribution < 1.29 is 9.47 Å². The van der Waals surface area contributed by atoms with Crippen LogP contribution in [0.15, 0.2) is 24.3 Å². The lowest BCUT2D eigenvalue weighted by molar-refractivity contribution is 0.224. The number of hydrogen-bond acceptors (Lipinski definition) is 3. The van der Waals surface area contributed by atoms with Crippen LogP contribution in [-0.2, 0) is 0 Å². The quantitative estimate of drug-likeness (QED) is 0.770. The first-order chi connectivity index (χ1) is 9.02. The molecule has 1 heterocycles. The third-order valence-electron chi connectivity index (χ3n) is 2.59. The summed E-state index contributed by atoms with van der Waals surface area (Å²) in [6, 6.07) is 7.78. The van der Waals surface area contributed by atoms with Gasteiger partial charge >= 0.3 is 0 Å². The van der Waals surface area contributed by atoms with Gasteiger partial charge in [0.05, 0.1) is 28.2 Å². The van der Waals surface area contributed by atoms with Crippen molar-refractivity contribution in [3.63, 3.8) is 0 Å². The van der Waals surface area contributed by atoms with Crippen LogP contribution < -0.4 is 9.47 Å².